The van der Waals surface area contributed by atoms with Crippen LogP contribution in [0.5, 0.6) is 0 Å². The molecular weight excluding hydrogens is 380 g/mol. The Morgan fingerprint density at radius 1 is 0.967 bits per heavy atom. The lowest BCUT2D eigenvalue weighted by Crippen LogP contribution is -2.49. The molecule has 0 spiro atoms. The summed E-state index contributed by atoms with van der Waals surface area (Å²) in [5.41, 5.74) is 1.57. The largest absolute Gasteiger partial charge is 0.350 e. The number of hydrogen-bond acceptors (Lipinski definition) is 4. The van der Waals surface area contributed by atoms with Crippen LogP contribution in [0.2, 0.25) is 0 Å². The number of benzene rings is 1. The van der Waals surface area contributed by atoms with E-state index >= 15 is 0 Å². The van der Waals surface area contributed by atoms with Crippen LogP contribution in [0.25, 0.3) is 0 Å². The summed E-state index contributed by atoms with van der Waals surface area (Å²) < 4.78 is 0. The fourth-order valence-corrected chi connectivity index (χ4v) is 3.39. The van der Waals surface area contributed by atoms with E-state index < -0.39 is 6.04 Å². The highest BCUT2D eigenvalue weighted by atomic mass is 16.2. The van der Waals surface area contributed by atoms with Crippen LogP contribution in [-0.2, 0) is 16.1 Å². The van der Waals surface area contributed by atoms with Crippen molar-refractivity contribution in [1.82, 2.24) is 20.4 Å². The van der Waals surface area contributed by atoms with Crippen molar-refractivity contribution in [3.8, 4) is 0 Å². The third kappa shape index (κ3) is 7.13. The number of carbonyl (C=O) groups is 3. The molecule has 1 fully saturated rings. The molecule has 0 radical (unpaired) electrons. The van der Waals surface area contributed by atoms with Crippen LogP contribution in [0, 0.1) is 11.8 Å². The molecule has 1 aliphatic heterocycles. The molecule has 7 heteroatoms. The van der Waals surface area contributed by atoms with E-state index in [4.69, 9.17) is 0 Å². The van der Waals surface area contributed by atoms with Crippen LogP contribution in [-0.4, -0.2) is 66.8 Å². The van der Waals surface area contributed by atoms with Gasteiger partial charge < -0.3 is 20.4 Å². The molecule has 0 aromatic heterocycles. The van der Waals surface area contributed by atoms with Gasteiger partial charge in [-0.25, -0.2) is 0 Å². The van der Waals surface area contributed by atoms with Crippen molar-refractivity contribution in [3.63, 3.8) is 0 Å². The lowest BCUT2D eigenvalue weighted by Gasteiger charge is -2.32. The van der Waals surface area contributed by atoms with Gasteiger partial charge in [0.25, 0.3) is 5.91 Å². The minimum absolute atomic E-state index is 0.00954. The molecule has 1 heterocycles. The second-order valence-corrected chi connectivity index (χ2v) is 8.90. The number of rotatable bonds is 8. The zero-order valence-electron chi connectivity index (χ0n) is 18.9. The molecule has 2 rings (SSSR count). The Bertz CT molecular complexity index is 722. The summed E-state index contributed by atoms with van der Waals surface area (Å²) in [5.74, 6) is -0.0191. The molecule has 1 atom stereocenters. The summed E-state index contributed by atoms with van der Waals surface area (Å²) in [6.07, 6.45) is 0.402. The van der Waals surface area contributed by atoms with Crippen LogP contribution in [0.1, 0.15) is 50.0 Å². The average molecular weight is 417 g/mol. The molecule has 1 aliphatic rings. The van der Waals surface area contributed by atoms with Gasteiger partial charge in [-0.1, -0.05) is 39.8 Å². The Balaban J connectivity index is 1.89. The van der Waals surface area contributed by atoms with Crippen molar-refractivity contribution < 1.29 is 14.4 Å². The summed E-state index contributed by atoms with van der Waals surface area (Å²) >= 11 is 0. The van der Waals surface area contributed by atoms with Gasteiger partial charge in [-0.05, 0) is 36.6 Å². The first kappa shape index (κ1) is 23.9. The van der Waals surface area contributed by atoms with Crippen molar-refractivity contribution in [2.75, 3.05) is 33.2 Å². The van der Waals surface area contributed by atoms with Crippen molar-refractivity contribution in [3.05, 3.63) is 35.4 Å². The monoisotopic (exact) mass is 416 g/mol. The third-order valence-corrected chi connectivity index (χ3v) is 5.32. The van der Waals surface area contributed by atoms with Gasteiger partial charge in [0, 0.05) is 44.7 Å². The second kappa shape index (κ2) is 11.1. The van der Waals surface area contributed by atoms with Crippen LogP contribution < -0.4 is 10.6 Å². The average Bonchev–Trinajstić information content (AvgIpc) is 2.70. The molecule has 0 bridgehead atoms. The van der Waals surface area contributed by atoms with Crippen molar-refractivity contribution >= 4 is 17.7 Å². The topological polar surface area (TPSA) is 81.8 Å². The molecule has 7 nitrogen and oxygen atoms in total. The van der Waals surface area contributed by atoms with E-state index in [9.17, 15) is 14.4 Å². The molecule has 2 N–H and O–H groups in total. The first-order valence-electron chi connectivity index (χ1n) is 10.8. The number of nitrogens with zero attached hydrogens (tertiary/aromatic N) is 2. The number of piperazine rings is 1. The Labute approximate surface area is 180 Å². The third-order valence-electron chi connectivity index (χ3n) is 5.32. The minimum Gasteiger partial charge on any atom is -0.350 e. The van der Waals surface area contributed by atoms with Gasteiger partial charge in [0.2, 0.25) is 11.8 Å². The van der Waals surface area contributed by atoms with E-state index in [2.05, 4.69) is 22.6 Å². The van der Waals surface area contributed by atoms with Crippen LogP contribution >= 0.6 is 0 Å². The molecule has 3 amide bonds. The fourth-order valence-electron chi connectivity index (χ4n) is 3.39. The lowest BCUT2D eigenvalue weighted by molar-refractivity contribution is -0.130. The maximum atomic E-state index is 12.6. The zero-order chi connectivity index (χ0) is 22.3. The van der Waals surface area contributed by atoms with Gasteiger partial charge in [0.15, 0.2) is 0 Å². The lowest BCUT2D eigenvalue weighted by atomic mass is 10.0. The summed E-state index contributed by atoms with van der Waals surface area (Å²) in [5, 5.41) is 5.74. The molecule has 30 heavy (non-hydrogen) atoms. The van der Waals surface area contributed by atoms with Gasteiger partial charge in [0.05, 0.1) is 0 Å². The Morgan fingerprint density at radius 3 is 2.10 bits per heavy atom. The van der Waals surface area contributed by atoms with E-state index in [1.807, 2.05) is 56.9 Å². The maximum absolute atomic E-state index is 12.6. The van der Waals surface area contributed by atoms with Crippen LogP contribution in [0.3, 0.4) is 0 Å². The first-order chi connectivity index (χ1) is 14.2. The zero-order valence-corrected chi connectivity index (χ0v) is 18.9. The minimum atomic E-state index is -0.561. The first-order valence-corrected chi connectivity index (χ1v) is 10.8. The molecule has 1 saturated heterocycles. The standard InChI is InChI=1S/C23H36N4O3/c1-16(2)14-20(28)25-21(17(3)4)22(29)24-15-18-6-8-19(9-7-18)23(30)27-12-10-26(5)11-13-27/h6-9,16-17,21H,10-15H2,1-5H3,(H,24,29)(H,25,28). The smallest absolute Gasteiger partial charge is 0.253 e. The predicted molar refractivity (Wildman–Crippen MR) is 118 cm³/mol. The normalized spacial score (nSPS) is 15.9. The number of carbonyl (C=O) groups excluding carboxylic acids is 3. The van der Waals surface area contributed by atoms with Gasteiger partial charge in [-0.2, -0.15) is 0 Å². The Hall–Kier alpha value is -2.41. The number of nitrogens with one attached hydrogen (secondary N) is 2. The number of amides is 3. The van der Waals surface area contributed by atoms with Gasteiger partial charge >= 0.3 is 0 Å². The molecule has 1 unspecified atom stereocenters. The van der Waals surface area contributed by atoms with Gasteiger partial charge in [-0.3, -0.25) is 14.4 Å². The van der Waals surface area contributed by atoms with E-state index in [0.29, 0.717) is 18.5 Å². The summed E-state index contributed by atoms with van der Waals surface area (Å²) in [7, 11) is 2.06. The maximum Gasteiger partial charge on any atom is 0.253 e. The summed E-state index contributed by atoms with van der Waals surface area (Å²) in [4.78, 5) is 41.4. The van der Waals surface area contributed by atoms with Gasteiger partial charge in [-0.15, -0.1) is 0 Å². The Morgan fingerprint density at radius 2 is 1.57 bits per heavy atom. The van der Waals surface area contributed by atoms with E-state index in [1.165, 1.54) is 0 Å². The quantitative estimate of drug-likeness (QED) is 0.678. The second-order valence-electron chi connectivity index (χ2n) is 8.90. The summed E-state index contributed by atoms with van der Waals surface area (Å²) in [6, 6.07) is 6.80. The van der Waals surface area contributed by atoms with Crippen molar-refractivity contribution in [2.24, 2.45) is 11.8 Å². The van der Waals surface area contributed by atoms with Crippen molar-refractivity contribution in [2.45, 2.75) is 46.7 Å². The van der Waals surface area contributed by atoms with Crippen LogP contribution in [0.4, 0.5) is 0 Å². The van der Waals surface area contributed by atoms with Crippen molar-refractivity contribution in [1.29, 1.82) is 0 Å². The SMILES string of the molecule is CC(C)CC(=O)NC(C(=O)NCc1ccc(C(=O)N2CCN(C)CC2)cc1)C(C)C. The molecular formula is C23H36N4O3. The molecule has 1 aromatic carbocycles. The highest BCUT2D eigenvalue weighted by molar-refractivity contribution is 5.94. The highest BCUT2D eigenvalue weighted by Crippen LogP contribution is 2.11. The van der Waals surface area contributed by atoms with E-state index in [1.54, 1.807) is 0 Å². The fraction of sp³-hybridized carbons (Fsp3) is 0.609. The highest BCUT2D eigenvalue weighted by Gasteiger charge is 2.24. The molecule has 0 aliphatic carbocycles. The van der Waals surface area contributed by atoms with E-state index in [0.717, 1.165) is 31.7 Å². The Kier molecular flexibility index (Phi) is 8.84. The number of hydrogen-bond donors (Lipinski definition) is 2. The summed E-state index contributed by atoms with van der Waals surface area (Å²) in [6.45, 7) is 11.4. The molecule has 0 saturated carbocycles. The molecule has 166 valence electrons. The van der Waals surface area contributed by atoms with Gasteiger partial charge in [0.1, 0.15) is 6.04 Å². The predicted octanol–water partition coefficient (Wildman–Crippen LogP) is 1.88. The number of likely N-dealkylation sites (N-methyl/N-ethyl adjacent to an activating group) is 1. The van der Waals surface area contributed by atoms with E-state index in [-0.39, 0.29) is 29.6 Å². The van der Waals surface area contributed by atoms with Crippen LogP contribution in [0.15, 0.2) is 24.3 Å². The molecule has 1 aromatic rings.